The third kappa shape index (κ3) is 3.58. The number of hydrogen-bond donors (Lipinski definition) is 2. The molecule has 130 valence electrons. The van der Waals surface area contributed by atoms with E-state index in [1.54, 1.807) is 23.5 Å². The number of benzene rings is 1. The summed E-state index contributed by atoms with van der Waals surface area (Å²) in [4.78, 5) is 17.0. The molecular weight excluding hydrogens is 334 g/mol. The highest BCUT2D eigenvalue weighted by Gasteiger charge is 2.15. The second kappa shape index (κ2) is 6.72. The van der Waals surface area contributed by atoms with Gasteiger partial charge < -0.3 is 15.0 Å². The number of phenolic OH excluding ortho intramolecular Hbond substituents is 1. The number of aromatic hydroxyl groups is 1. The number of anilines is 1. The molecule has 0 aliphatic heterocycles. The van der Waals surface area contributed by atoms with Crippen LogP contribution in [0.5, 0.6) is 5.75 Å². The molecule has 0 saturated heterocycles. The van der Waals surface area contributed by atoms with Crippen LogP contribution >= 0.6 is 11.3 Å². The summed E-state index contributed by atoms with van der Waals surface area (Å²) in [6.45, 7) is 8.03. The first-order valence-electron chi connectivity index (χ1n) is 8.04. The lowest BCUT2D eigenvalue weighted by molar-refractivity contribution is -0.116. The van der Waals surface area contributed by atoms with Crippen LogP contribution in [-0.2, 0) is 11.3 Å². The minimum Gasteiger partial charge on any atom is -0.506 e. The number of nitrogens with zero attached hydrogens (tertiary/aromatic N) is 2. The molecular formula is C19H21N3O2S. The van der Waals surface area contributed by atoms with Crippen LogP contribution in [0.4, 0.5) is 5.69 Å². The van der Waals surface area contributed by atoms with E-state index in [9.17, 15) is 9.90 Å². The maximum Gasteiger partial charge on any atom is 0.244 e. The molecule has 6 heteroatoms. The highest BCUT2D eigenvalue weighted by atomic mass is 32.1. The van der Waals surface area contributed by atoms with Gasteiger partial charge in [0.05, 0.1) is 16.4 Å². The largest absolute Gasteiger partial charge is 0.506 e. The molecule has 0 saturated carbocycles. The summed E-state index contributed by atoms with van der Waals surface area (Å²) in [6, 6.07) is 7.25. The van der Waals surface area contributed by atoms with Crippen LogP contribution in [0.2, 0.25) is 0 Å². The first kappa shape index (κ1) is 17.2. The van der Waals surface area contributed by atoms with Crippen LogP contribution < -0.4 is 5.32 Å². The minimum absolute atomic E-state index is 0.0768. The van der Waals surface area contributed by atoms with Crippen molar-refractivity contribution in [2.45, 2.75) is 34.2 Å². The fraction of sp³-hybridized carbons (Fsp3) is 0.263. The topological polar surface area (TPSA) is 67.2 Å². The minimum atomic E-state index is -0.179. The van der Waals surface area contributed by atoms with Gasteiger partial charge in [0.25, 0.3) is 0 Å². The third-order valence-electron chi connectivity index (χ3n) is 4.20. The number of thiazole rings is 1. The molecule has 3 aromatic rings. The molecule has 25 heavy (non-hydrogen) atoms. The predicted molar refractivity (Wildman–Crippen MR) is 101 cm³/mol. The molecule has 0 radical (unpaired) electrons. The van der Waals surface area contributed by atoms with Crippen LogP contribution in [-0.4, -0.2) is 20.6 Å². The molecule has 0 fully saturated rings. The first-order chi connectivity index (χ1) is 11.8. The van der Waals surface area contributed by atoms with Crippen molar-refractivity contribution < 1.29 is 9.90 Å². The number of nitrogens with one attached hydrogen (secondary N) is 1. The molecule has 1 aromatic carbocycles. The van der Waals surface area contributed by atoms with Crippen LogP contribution in [0, 0.1) is 27.7 Å². The van der Waals surface area contributed by atoms with E-state index in [-0.39, 0.29) is 18.2 Å². The Balaban J connectivity index is 1.81. The van der Waals surface area contributed by atoms with Gasteiger partial charge in [-0.25, -0.2) is 4.98 Å². The second-order valence-electron chi connectivity index (χ2n) is 6.19. The quantitative estimate of drug-likeness (QED) is 0.690. The normalized spacial score (nSPS) is 10.9. The van der Waals surface area contributed by atoms with Crippen molar-refractivity contribution in [3.63, 3.8) is 0 Å². The van der Waals surface area contributed by atoms with Gasteiger partial charge in [-0.2, -0.15) is 0 Å². The Morgan fingerprint density at radius 2 is 2.00 bits per heavy atom. The molecule has 2 aromatic heterocycles. The number of carbonyl (C=O) groups is 1. The summed E-state index contributed by atoms with van der Waals surface area (Å²) >= 11 is 1.61. The highest BCUT2D eigenvalue weighted by Crippen LogP contribution is 2.28. The van der Waals surface area contributed by atoms with Crippen molar-refractivity contribution in [1.82, 2.24) is 9.55 Å². The van der Waals surface area contributed by atoms with E-state index in [4.69, 9.17) is 0 Å². The van der Waals surface area contributed by atoms with Gasteiger partial charge in [0, 0.05) is 22.3 Å². The molecule has 1 amide bonds. The SMILES string of the molecule is Cc1ccc(NC(=O)Cn2c(C)cc(-c3csc(C)n3)c2C)c(O)c1. The number of hydrogen-bond acceptors (Lipinski definition) is 4. The van der Waals surface area contributed by atoms with E-state index in [1.165, 1.54) is 0 Å². The zero-order valence-electron chi connectivity index (χ0n) is 14.8. The van der Waals surface area contributed by atoms with E-state index in [1.807, 2.05) is 43.7 Å². The summed E-state index contributed by atoms with van der Waals surface area (Å²) in [5.41, 5.74) is 5.36. The Morgan fingerprint density at radius 1 is 1.24 bits per heavy atom. The molecule has 0 unspecified atom stereocenters. The van der Waals surface area contributed by atoms with Crippen LogP contribution in [0.15, 0.2) is 29.6 Å². The molecule has 0 aliphatic rings. The van der Waals surface area contributed by atoms with Gasteiger partial charge in [-0.15, -0.1) is 11.3 Å². The summed E-state index contributed by atoms with van der Waals surface area (Å²) in [5, 5.41) is 15.8. The lowest BCUT2D eigenvalue weighted by Crippen LogP contribution is -2.20. The lowest BCUT2D eigenvalue weighted by Gasteiger charge is -2.11. The number of amides is 1. The van der Waals surface area contributed by atoms with Gasteiger partial charge >= 0.3 is 0 Å². The Bertz CT molecular complexity index is 940. The van der Waals surface area contributed by atoms with Gasteiger partial charge in [-0.3, -0.25) is 4.79 Å². The summed E-state index contributed by atoms with van der Waals surface area (Å²) in [6.07, 6.45) is 0. The number of aryl methyl sites for hydroxylation is 3. The van der Waals surface area contributed by atoms with E-state index >= 15 is 0 Å². The van der Waals surface area contributed by atoms with Gasteiger partial charge in [0.2, 0.25) is 5.91 Å². The predicted octanol–water partition coefficient (Wildman–Crippen LogP) is 4.19. The Kier molecular flexibility index (Phi) is 4.63. The second-order valence-corrected chi connectivity index (χ2v) is 7.25. The van der Waals surface area contributed by atoms with Crippen molar-refractivity contribution in [3.8, 4) is 17.0 Å². The molecule has 2 N–H and O–H groups in total. The Hall–Kier alpha value is -2.60. The third-order valence-corrected chi connectivity index (χ3v) is 4.97. The standard InChI is InChI=1S/C19H21N3O2S/c1-11-5-6-16(18(23)7-11)21-19(24)9-22-12(2)8-15(13(22)3)17-10-25-14(4)20-17/h5-8,10,23H,9H2,1-4H3,(H,21,24). The van der Waals surface area contributed by atoms with Crippen LogP contribution in [0.3, 0.4) is 0 Å². The molecule has 0 atom stereocenters. The number of phenols is 1. The highest BCUT2D eigenvalue weighted by molar-refractivity contribution is 7.09. The zero-order valence-corrected chi connectivity index (χ0v) is 15.6. The van der Waals surface area contributed by atoms with Crippen LogP contribution in [0.1, 0.15) is 22.0 Å². The van der Waals surface area contributed by atoms with E-state index in [0.29, 0.717) is 5.69 Å². The van der Waals surface area contributed by atoms with Gasteiger partial charge in [0.1, 0.15) is 12.3 Å². The first-order valence-corrected chi connectivity index (χ1v) is 8.92. The Labute approximate surface area is 151 Å². The van der Waals surface area contributed by atoms with E-state index in [0.717, 1.165) is 33.2 Å². The number of rotatable bonds is 4. The molecule has 0 bridgehead atoms. The number of carbonyl (C=O) groups excluding carboxylic acids is 1. The maximum atomic E-state index is 12.4. The Morgan fingerprint density at radius 3 is 2.64 bits per heavy atom. The van der Waals surface area contributed by atoms with Gasteiger partial charge in [-0.1, -0.05) is 6.07 Å². The van der Waals surface area contributed by atoms with Crippen LogP contribution in [0.25, 0.3) is 11.3 Å². The monoisotopic (exact) mass is 355 g/mol. The summed E-state index contributed by atoms with van der Waals surface area (Å²) in [7, 11) is 0. The van der Waals surface area contributed by atoms with Crippen molar-refractivity contribution in [3.05, 3.63) is 51.6 Å². The molecule has 0 aliphatic carbocycles. The smallest absolute Gasteiger partial charge is 0.244 e. The van der Waals surface area contributed by atoms with Crippen molar-refractivity contribution in [2.24, 2.45) is 0 Å². The van der Waals surface area contributed by atoms with E-state index in [2.05, 4.69) is 16.4 Å². The maximum absolute atomic E-state index is 12.4. The molecule has 3 rings (SSSR count). The van der Waals surface area contributed by atoms with Gasteiger partial charge in [-0.05, 0) is 51.5 Å². The molecule has 0 spiro atoms. The fourth-order valence-electron chi connectivity index (χ4n) is 2.87. The van der Waals surface area contributed by atoms with E-state index < -0.39 is 0 Å². The zero-order chi connectivity index (χ0) is 18.1. The average molecular weight is 355 g/mol. The molecule has 2 heterocycles. The number of aromatic nitrogens is 2. The molecule has 5 nitrogen and oxygen atoms in total. The van der Waals surface area contributed by atoms with Crippen molar-refractivity contribution in [2.75, 3.05) is 5.32 Å². The fourth-order valence-corrected chi connectivity index (χ4v) is 3.48. The van der Waals surface area contributed by atoms with Crippen molar-refractivity contribution in [1.29, 1.82) is 0 Å². The van der Waals surface area contributed by atoms with Gasteiger partial charge in [0.15, 0.2) is 0 Å². The summed E-state index contributed by atoms with van der Waals surface area (Å²) < 4.78 is 1.96. The average Bonchev–Trinajstić information content (AvgIpc) is 3.08. The summed E-state index contributed by atoms with van der Waals surface area (Å²) in [5.74, 6) is -0.102. The van der Waals surface area contributed by atoms with Crippen molar-refractivity contribution >= 4 is 22.9 Å². The lowest BCUT2D eigenvalue weighted by atomic mass is 10.2.